The van der Waals surface area contributed by atoms with Crippen LogP contribution in [0, 0.1) is 13.8 Å². The largest absolute Gasteiger partial charge is 0.442 e. The molecule has 0 N–H and O–H groups in total. The van der Waals surface area contributed by atoms with Crippen molar-refractivity contribution in [3.63, 3.8) is 0 Å². The van der Waals surface area contributed by atoms with Crippen LogP contribution in [0.2, 0.25) is 10.0 Å². The number of aryl methyl sites for hydroxylation is 2. The number of aromatic nitrogens is 1. The third-order valence-corrected chi connectivity index (χ3v) is 5.64. The lowest BCUT2D eigenvalue weighted by Gasteiger charge is -2.23. The van der Waals surface area contributed by atoms with E-state index < -0.39 is 0 Å². The van der Waals surface area contributed by atoms with Gasteiger partial charge < -0.3 is 9.64 Å². The zero-order chi connectivity index (χ0) is 17.1. The van der Waals surface area contributed by atoms with Gasteiger partial charge >= 0.3 is 0 Å². The number of likely N-dealkylation sites (tertiary alicyclic amines) is 1. The third kappa shape index (κ3) is 4.02. The number of hydrogen-bond donors (Lipinski definition) is 0. The van der Waals surface area contributed by atoms with E-state index >= 15 is 0 Å². The summed E-state index contributed by atoms with van der Waals surface area (Å²) in [5.41, 5.74) is 2.61. The highest BCUT2D eigenvalue weighted by molar-refractivity contribution is 7.08. The second-order valence-electron chi connectivity index (χ2n) is 5.88. The van der Waals surface area contributed by atoms with Crippen LogP contribution in [0.3, 0.4) is 0 Å². The van der Waals surface area contributed by atoms with Crippen LogP contribution in [-0.2, 0) is 0 Å². The molecule has 0 atom stereocenters. The van der Waals surface area contributed by atoms with E-state index in [0.29, 0.717) is 20.9 Å². The molecule has 0 bridgehead atoms. The van der Waals surface area contributed by atoms with Gasteiger partial charge in [0.1, 0.15) is 10.8 Å². The Labute approximate surface area is 156 Å². The summed E-state index contributed by atoms with van der Waals surface area (Å²) >= 11 is 13.7. The fourth-order valence-electron chi connectivity index (χ4n) is 2.54. The summed E-state index contributed by atoms with van der Waals surface area (Å²) in [6.45, 7) is 5.98. The zero-order valence-corrected chi connectivity index (χ0v) is 16.0. The van der Waals surface area contributed by atoms with E-state index in [1.165, 1.54) is 30.8 Å². The van der Waals surface area contributed by atoms with Gasteiger partial charge in [-0.05, 0) is 50.8 Å². The Hall–Kier alpha value is -1.30. The van der Waals surface area contributed by atoms with Crippen molar-refractivity contribution in [1.29, 1.82) is 0 Å². The lowest BCUT2D eigenvalue weighted by molar-refractivity contribution is 0.351. The number of hydrogen-bond acceptors (Lipinski definition) is 4. The fraction of sp³-hybridized carbons (Fsp3) is 0.412. The molecule has 2 heterocycles. The van der Waals surface area contributed by atoms with Crippen LogP contribution in [-0.4, -0.2) is 28.7 Å². The maximum absolute atomic E-state index is 6.36. The Morgan fingerprint density at radius 2 is 1.96 bits per heavy atom. The number of nitrogens with zero attached hydrogens (tertiary/aromatic N) is 3. The molecule has 2 aromatic rings. The first kappa shape index (κ1) is 17.5. The zero-order valence-electron chi connectivity index (χ0n) is 13.7. The molecule has 4 nitrogen and oxygen atoms in total. The molecule has 24 heavy (non-hydrogen) atoms. The van der Waals surface area contributed by atoms with Gasteiger partial charge in [0.05, 0.1) is 22.7 Å². The normalized spacial score (nSPS) is 15.2. The SMILES string of the molecule is Cc1cc(Oc2snc(C)c2Cl)c(Cl)cc1N=CN1CCCCC1. The molecule has 7 heteroatoms. The van der Waals surface area contributed by atoms with Crippen molar-refractivity contribution < 1.29 is 4.74 Å². The molecule has 1 aliphatic rings. The minimum atomic E-state index is 0.508. The van der Waals surface area contributed by atoms with E-state index in [9.17, 15) is 0 Å². The number of piperidine rings is 1. The first-order valence-electron chi connectivity index (χ1n) is 7.92. The van der Waals surface area contributed by atoms with Crippen molar-refractivity contribution in [3.05, 3.63) is 33.4 Å². The molecule has 1 aromatic heterocycles. The quantitative estimate of drug-likeness (QED) is 0.479. The van der Waals surface area contributed by atoms with E-state index in [-0.39, 0.29) is 0 Å². The van der Waals surface area contributed by atoms with Gasteiger partial charge in [-0.2, -0.15) is 4.37 Å². The summed E-state index contributed by atoms with van der Waals surface area (Å²) in [6, 6.07) is 3.71. The molecule has 128 valence electrons. The van der Waals surface area contributed by atoms with Gasteiger partial charge in [-0.25, -0.2) is 4.99 Å². The monoisotopic (exact) mass is 383 g/mol. The summed E-state index contributed by atoms with van der Waals surface area (Å²) in [5, 5.41) is 1.59. The van der Waals surface area contributed by atoms with Crippen LogP contribution in [0.4, 0.5) is 5.69 Å². The predicted octanol–water partition coefficient (Wildman–Crippen LogP) is 6.00. The van der Waals surface area contributed by atoms with Crippen LogP contribution in [0.15, 0.2) is 17.1 Å². The highest BCUT2D eigenvalue weighted by atomic mass is 35.5. The number of rotatable bonds is 4. The van der Waals surface area contributed by atoms with Crippen molar-refractivity contribution in [3.8, 4) is 10.8 Å². The Kier molecular flexibility index (Phi) is 5.64. The van der Waals surface area contributed by atoms with E-state index in [2.05, 4.69) is 14.3 Å². The Bertz CT molecular complexity index is 755. The van der Waals surface area contributed by atoms with Crippen LogP contribution in [0.1, 0.15) is 30.5 Å². The molecule has 1 fully saturated rings. The molecule has 0 saturated carbocycles. The topological polar surface area (TPSA) is 37.7 Å². The van der Waals surface area contributed by atoms with Crippen molar-refractivity contribution in [1.82, 2.24) is 9.27 Å². The maximum Gasteiger partial charge on any atom is 0.219 e. The molecule has 0 radical (unpaired) electrons. The molecular formula is C17H19Cl2N3OS. The van der Waals surface area contributed by atoms with Crippen molar-refractivity contribution >= 4 is 46.8 Å². The predicted molar refractivity (Wildman–Crippen MR) is 102 cm³/mol. The van der Waals surface area contributed by atoms with Crippen LogP contribution < -0.4 is 4.74 Å². The summed E-state index contributed by atoms with van der Waals surface area (Å²) < 4.78 is 10.00. The van der Waals surface area contributed by atoms with Crippen molar-refractivity contribution in [2.45, 2.75) is 33.1 Å². The first-order valence-corrected chi connectivity index (χ1v) is 9.45. The average Bonchev–Trinajstić information content (AvgIpc) is 2.89. The van der Waals surface area contributed by atoms with E-state index in [0.717, 1.165) is 30.0 Å². The highest BCUT2D eigenvalue weighted by Crippen LogP contribution is 2.40. The van der Waals surface area contributed by atoms with E-state index in [4.69, 9.17) is 27.9 Å². The second kappa shape index (κ2) is 7.72. The lowest BCUT2D eigenvalue weighted by atomic mass is 10.1. The minimum absolute atomic E-state index is 0.508. The fourth-order valence-corrected chi connectivity index (χ4v) is 3.64. The number of ether oxygens (including phenoxy) is 1. The highest BCUT2D eigenvalue weighted by Gasteiger charge is 2.14. The smallest absolute Gasteiger partial charge is 0.219 e. The molecule has 0 amide bonds. The Morgan fingerprint density at radius 3 is 2.62 bits per heavy atom. The van der Waals surface area contributed by atoms with Gasteiger partial charge in [-0.3, -0.25) is 0 Å². The molecule has 1 aromatic carbocycles. The Balaban J connectivity index is 1.78. The number of benzene rings is 1. The minimum Gasteiger partial charge on any atom is -0.442 e. The molecule has 0 aliphatic carbocycles. The van der Waals surface area contributed by atoms with Crippen LogP contribution >= 0.6 is 34.7 Å². The molecule has 3 rings (SSSR count). The van der Waals surface area contributed by atoms with Gasteiger partial charge in [0, 0.05) is 24.6 Å². The van der Waals surface area contributed by atoms with Gasteiger partial charge in [0.15, 0.2) is 0 Å². The van der Waals surface area contributed by atoms with Crippen molar-refractivity contribution in [2.24, 2.45) is 4.99 Å². The van der Waals surface area contributed by atoms with E-state index in [1.54, 1.807) is 0 Å². The third-order valence-electron chi connectivity index (χ3n) is 3.97. The van der Waals surface area contributed by atoms with Crippen LogP contribution in [0.25, 0.3) is 0 Å². The first-order chi connectivity index (χ1) is 11.5. The average molecular weight is 384 g/mol. The second-order valence-corrected chi connectivity index (χ2v) is 7.40. The lowest BCUT2D eigenvalue weighted by Crippen LogP contribution is -2.28. The number of aliphatic imine (C=N–C) groups is 1. The summed E-state index contributed by atoms with van der Waals surface area (Å²) in [4.78, 5) is 6.84. The van der Waals surface area contributed by atoms with Crippen LogP contribution in [0.5, 0.6) is 10.8 Å². The molecule has 1 saturated heterocycles. The summed E-state index contributed by atoms with van der Waals surface area (Å²) in [7, 11) is 0. The number of halogens is 2. The van der Waals surface area contributed by atoms with Gasteiger partial charge in [0.2, 0.25) is 5.06 Å². The van der Waals surface area contributed by atoms with Crippen molar-refractivity contribution in [2.75, 3.05) is 13.1 Å². The van der Waals surface area contributed by atoms with Gasteiger partial charge in [-0.1, -0.05) is 23.2 Å². The summed E-state index contributed by atoms with van der Waals surface area (Å²) in [5.74, 6) is 0.566. The molecule has 1 aliphatic heterocycles. The van der Waals surface area contributed by atoms with Gasteiger partial charge in [0.25, 0.3) is 0 Å². The molecular weight excluding hydrogens is 365 g/mol. The van der Waals surface area contributed by atoms with Gasteiger partial charge in [-0.15, -0.1) is 0 Å². The molecule has 0 unspecified atom stereocenters. The summed E-state index contributed by atoms with van der Waals surface area (Å²) in [6.07, 6.45) is 5.68. The van der Waals surface area contributed by atoms with E-state index in [1.807, 2.05) is 32.3 Å². The standard InChI is InChI=1S/C17H19Cl2N3OS/c1-11-8-15(23-17-16(19)12(2)21-24-17)13(18)9-14(11)20-10-22-6-4-3-5-7-22/h8-10H,3-7H2,1-2H3. The Morgan fingerprint density at radius 1 is 1.21 bits per heavy atom. The maximum atomic E-state index is 6.36. The molecule has 0 spiro atoms.